The molecule has 5 N–H and O–H groups in total. The normalized spacial score (nSPS) is 24.6. The molecule has 0 spiro atoms. The second kappa shape index (κ2) is 4.75. The minimum atomic E-state index is -0.818. The monoisotopic (exact) mass is 253 g/mol. The van der Waals surface area contributed by atoms with Crippen molar-refractivity contribution < 1.29 is 15.4 Å². The fourth-order valence-electron chi connectivity index (χ4n) is 1.81. The van der Waals surface area contributed by atoms with Gasteiger partial charge in [0.1, 0.15) is 5.69 Å². The van der Waals surface area contributed by atoms with Crippen LogP contribution in [0.4, 0.5) is 5.95 Å². The number of oxime groups is 1. The maximum Gasteiger partial charge on any atom is 0.226 e. The van der Waals surface area contributed by atoms with E-state index in [2.05, 4.69) is 15.1 Å². The molecule has 0 amide bonds. The van der Waals surface area contributed by atoms with E-state index in [0.717, 1.165) is 0 Å². The van der Waals surface area contributed by atoms with E-state index in [9.17, 15) is 10.2 Å². The highest BCUT2D eigenvalue weighted by Gasteiger charge is 2.31. The number of rotatable bonds is 2. The number of hydrogen-bond acceptors (Lipinski definition) is 7. The van der Waals surface area contributed by atoms with Crippen molar-refractivity contribution in [2.45, 2.75) is 19.1 Å². The number of amidine groups is 1. The predicted octanol–water partition coefficient (Wildman–Crippen LogP) is -1.58. The van der Waals surface area contributed by atoms with E-state index in [1.54, 1.807) is 17.9 Å². The van der Waals surface area contributed by atoms with E-state index in [1.807, 2.05) is 0 Å². The first kappa shape index (κ1) is 12.5. The van der Waals surface area contributed by atoms with Gasteiger partial charge in [0.25, 0.3) is 0 Å². The summed E-state index contributed by atoms with van der Waals surface area (Å²) in [6, 6.07) is 1.58. The largest absolute Gasteiger partial charge is 0.409 e. The van der Waals surface area contributed by atoms with E-state index in [4.69, 9.17) is 10.9 Å². The topological polar surface area (TPSA) is 128 Å². The van der Waals surface area contributed by atoms with Crippen molar-refractivity contribution in [3.8, 4) is 0 Å². The van der Waals surface area contributed by atoms with Gasteiger partial charge in [-0.25, -0.2) is 9.97 Å². The predicted molar refractivity (Wildman–Crippen MR) is 63.5 cm³/mol. The molecule has 0 aliphatic carbocycles. The quantitative estimate of drug-likeness (QED) is 0.217. The van der Waals surface area contributed by atoms with Crippen molar-refractivity contribution in [3.05, 3.63) is 17.5 Å². The van der Waals surface area contributed by atoms with E-state index in [1.165, 1.54) is 0 Å². The molecule has 98 valence electrons. The molecule has 1 fully saturated rings. The molecular weight excluding hydrogens is 238 g/mol. The molecule has 1 aliphatic heterocycles. The molecule has 1 saturated heterocycles. The number of aliphatic hydroxyl groups excluding tert-OH is 2. The van der Waals surface area contributed by atoms with Crippen molar-refractivity contribution in [2.75, 3.05) is 18.0 Å². The van der Waals surface area contributed by atoms with Gasteiger partial charge in [-0.2, -0.15) is 0 Å². The molecule has 2 atom stereocenters. The summed E-state index contributed by atoms with van der Waals surface area (Å²) in [7, 11) is 0. The number of anilines is 1. The summed E-state index contributed by atoms with van der Waals surface area (Å²) in [5.74, 6) is 0.231. The van der Waals surface area contributed by atoms with E-state index in [0.29, 0.717) is 17.3 Å². The highest BCUT2D eigenvalue weighted by molar-refractivity contribution is 5.95. The summed E-state index contributed by atoms with van der Waals surface area (Å²) in [6.45, 7) is 2.25. The lowest BCUT2D eigenvalue weighted by Gasteiger charge is -2.16. The smallest absolute Gasteiger partial charge is 0.226 e. The Morgan fingerprint density at radius 1 is 1.39 bits per heavy atom. The zero-order valence-corrected chi connectivity index (χ0v) is 9.85. The first-order valence-corrected chi connectivity index (χ1v) is 5.46. The Morgan fingerprint density at radius 2 is 2.00 bits per heavy atom. The molecule has 0 radical (unpaired) electrons. The fourth-order valence-corrected chi connectivity index (χ4v) is 1.81. The summed E-state index contributed by atoms with van der Waals surface area (Å²) in [5, 5.41) is 30.5. The Bertz CT molecular complexity index is 469. The van der Waals surface area contributed by atoms with Crippen molar-refractivity contribution in [2.24, 2.45) is 10.9 Å². The van der Waals surface area contributed by atoms with Gasteiger partial charge in [0.05, 0.1) is 12.2 Å². The number of aryl methyl sites for hydroxylation is 1. The molecule has 1 aromatic rings. The molecule has 2 heterocycles. The van der Waals surface area contributed by atoms with Gasteiger partial charge in [-0.05, 0) is 13.0 Å². The van der Waals surface area contributed by atoms with Crippen molar-refractivity contribution in [3.63, 3.8) is 0 Å². The number of nitrogens with two attached hydrogens (primary N) is 1. The molecule has 2 rings (SSSR count). The highest BCUT2D eigenvalue weighted by Crippen LogP contribution is 2.17. The van der Waals surface area contributed by atoms with Crippen LogP contribution in [0.2, 0.25) is 0 Å². The molecule has 0 saturated carbocycles. The first-order chi connectivity index (χ1) is 8.51. The Hall–Kier alpha value is -1.93. The molecule has 1 aromatic heterocycles. The van der Waals surface area contributed by atoms with E-state index in [-0.39, 0.29) is 18.9 Å². The zero-order chi connectivity index (χ0) is 13.3. The fraction of sp³-hybridized carbons (Fsp3) is 0.500. The molecular formula is C10H15N5O3. The minimum Gasteiger partial charge on any atom is -0.409 e. The summed E-state index contributed by atoms with van der Waals surface area (Å²) in [4.78, 5) is 9.98. The molecule has 0 aromatic carbocycles. The Kier molecular flexibility index (Phi) is 3.30. The number of aromatic nitrogens is 2. The maximum absolute atomic E-state index is 9.49. The van der Waals surface area contributed by atoms with Crippen molar-refractivity contribution in [1.82, 2.24) is 9.97 Å². The van der Waals surface area contributed by atoms with Crippen LogP contribution in [0.5, 0.6) is 0 Å². The summed E-state index contributed by atoms with van der Waals surface area (Å²) >= 11 is 0. The second-order valence-electron chi connectivity index (χ2n) is 4.22. The third-order valence-corrected chi connectivity index (χ3v) is 2.75. The maximum atomic E-state index is 9.49. The number of β-amino-alcohol motifs (C(OH)–C–C–N with tert-alkyl or cyclic N) is 2. The van der Waals surface area contributed by atoms with Crippen LogP contribution in [0, 0.1) is 6.92 Å². The number of nitrogens with zero attached hydrogens (tertiary/aromatic N) is 4. The standard InChI is InChI=1S/C10H15N5O3/c1-5-2-6(9(11)14-18)13-10(12-5)15-3-7(16)8(17)4-15/h2,7-8,16-18H,3-4H2,1H3,(H2,11,14). The lowest BCUT2D eigenvalue weighted by Crippen LogP contribution is -2.25. The van der Waals surface area contributed by atoms with Gasteiger partial charge in [-0.3, -0.25) is 0 Å². The highest BCUT2D eigenvalue weighted by atomic mass is 16.4. The van der Waals surface area contributed by atoms with Crippen LogP contribution in [-0.2, 0) is 0 Å². The lowest BCUT2D eigenvalue weighted by atomic mass is 10.3. The summed E-state index contributed by atoms with van der Waals surface area (Å²) in [6.07, 6.45) is -1.64. The van der Waals surface area contributed by atoms with Gasteiger partial charge in [0.15, 0.2) is 5.84 Å². The van der Waals surface area contributed by atoms with Gasteiger partial charge in [0, 0.05) is 18.8 Å². The third kappa shape index (κ3) is 2.34. The number of aliphatic hydroxyl groups is 2. The van der Waals surface area contributed by atoms with E-state index >= 15 is 0 Å². The second-order valence-corrected chi connectivity index (χ2v) is 4.22. The summed E-state index contributed by atoms with van der Waals surface area (Å²) < 4.78 is 0. The van der Waals surface area contributed by atoms with Crippen LogP contribution >= 0.6 is 0 Å². The first-order valence-electron chi connectivity index (χ1n) is 5.46. The molecule has 18 heavy (non-hydrogen) atoms. The minimum absolute atomic E-state index is 0.109. The SMILES string of the molecule is Cc1cc(/C(N)=N/O)nc(N2CC(O)C(O)C2)n1. The van der Waals surface area contributed by atoms with Crippen LogP contribution in [-0.4, -0.2) is 56.5 Å². The summed E-state index contributed by atoms with van der Waals surface area (Å²) in [5.41, 5.74) is 6.43. The van der Waals surface area contributed by atoms with Gasteiger partial charge < -0.3 is 26.1 Å². The molecule has 8 heteroatoms. The third-order valence-electron chi connectivity index (χ3n) is 2.75. The Labute approximate surface area is 103 Å². The Morgan fingerprint density at radius 3 is 2.56 bits per heavy atom. The lowest BCUT2D eigenvalue weighted by molar-refractivity contribution is 0.0572. The van der Waals surface area contributed by atoms with Crippen LogP contribution in [0.3, 0.4) is 0 Å². The van der Waals surface area contributed by atoms with Gasteiger partial charge in [-0.1, -0.05) is 5.16 Å². The van der Waals surface area contributed by atoms with E-state index < -0.39 is 12.2 Å². The van der Waals surface area contributed by atoms with Crippen LogP contribution in [0.1, 0.15) is 11.4 Å². The van der Waals surface area contributed by atoms with Gasteiger partial charge in [0.2, 0.25) is 5.95 Å². The Balaban J connectivity index is 2.32. The van der Waals surface area contributed by atoms with Crippen molar-refractivity contribution >= 4 is 11.8 Å². The zero-order valence-electron chi connectivity index (χ0n) is 9.85. The van der Waals surface area contributed by atoms with Crippen molar-refractivity contribution in [1.29, 1.82) is 0 Å². The average molecular weight is 253 g/mol. The molecule has 2 unspecified atom stereocenters. The van der Waals surface area contributed by atoms with Crippen LogP contribution in [0.15, 0.2) is 11.2 Å². The van der Waals surface area contributed by atoms with Crippen LogP contribution < -0.4 is 10.6 Å². The molecule has 1 aliphatic rings. The van der Waals surface area contributed by atoms with Crippen LogP contribution in [0.25, 0.3) is 0 Å². The van der Waals surface area contributed by atoms with Gasteiger partial charge in [-0.15, -0.1) is 0 Å². The molecule has 8 nitrogen and oxygen atoms in total. The van der Waals surface area contributed by atoms with Gasteiger partial charge >= 0.3 is 0 Å². The average Bonchev–Trinajstić information content (AvgIpc) is 2.68. The molecule has 0 bridgehead atoms. The number of hydrogen-bond donors (Lipinski definition) is 4.